The van der Waals surface area contributed by atoms with E-state index in [1.165, 1.54) is 0 Å². The monoisotopic (exact) mass is 361 g/mol. The summed E-state index contributed by atoms with van der Waals surface area (Å²) in [6.07, 6.45) is 7.20. The van der Waals surface area contributed by atoms with Crippen LogP contribution in [-0.2, 0) is 4.74 Å². The molecule has 0 aliphatic carbocycles. The van der Waals surface area contributed by atoms with Crippen molar-refractivity contribution in [2.24, 2.45) is 0 Å². The molecule has 8 heteroatoms. The molecule has 4 heterocycles. The van der Waals surface area contributed by atoms with Crippen LogP contribution in [0.2, 0.25) is 0 Å². The van der Waals surface area contributed by atoms with E-state index in [0.717, 1.165) is 28.2 Å². The lowest BCUT2D eigenvalue weighted by atomic mass is 10.1. The molecule has 27 heavy (non-hydrogen) atoms. The molecule has 0 saturated carbocycles. The van der Waals surface area contributed by atoms with E-state index in [1.54, 1.807) is 30.2 Å². The van der Waals surface area contributed by atoms with E-state index in [2.05, 4.69) is 25.4 Å². The Balaban J connectivity index is 1.64. The molecule has 0 aliphatic heterocycles. The highest BCUT2D eigenvalue weighted by atomic mass is 16.5. The molecule has 4 rings (SSSR count). The maximum Gasteiger partial charge on any atom is 0.166 e. The zero-order valence-electron chi connectivity index (χ0n) is 14.8. The van der Waals surface area contributed by atoms with Crippen molar-refractivity contribution < 1.29 is 4.74 Å². The zero-order valence-corrected chi connectivity index (χ0v) is 14.8. The number of nitrogens with two attached hydrogens (primary N) is 1. The molecular weight excluding hydrogens is 342 g/mol. The summed E-state index contributed by atoms with van der Waals surface area (Å²) in [4.78, 5) is 13.3. The predicted molar refractivity (Wildman–Crippen MR) is 104 cm³/mol. The Hall–Kier alpha value is -3.52. The van der Waals surface area contributed by atoms with Gasteiger partial charge in [0.25, 0.3) is 0 Å². The van der Waals surface area contributed by atoms with Gasteiger partial charge in [-0.25, -0.2) is 14.5 Å². The van der Waals surface area contributed by atoms with Gasteiger partial charge in [-0.1, -0.05) is 6.07 Å². The van der Waals surface area contributed by atoms with Crippen molar-refractivity contribution >= 4 is 17.3 Å². The Morgan fingerprint density at radius 1 is 1.07 bits per heavy atom. The standard InChI is InChI=1S/C19H19N7O/c1-27-9-8-22-16-6-5-13(10-23-16)14-11-24-19-17(15-4-2-3-7-21-15)18(20)25-26(19)12-14/h2-7,10-12H,8-9H2,1H3,(H2,20,25)(H,22,23). The minimum atomic E-state index is 0.397. The number of aromatic nitrogens is 5. The van der Waals surface area contributed by atoms with Crippen molar-refractivity contribution in [3.8, 4) is 22.4 Å². The van der Waals surface area contributed by atoms with E-state index in [0.29, 0.717) is 24.6 Å². The van der Waals surface area contributed by atoms with Gasteiger partial charge in [0.1, 0.15) is 5.82 Å². The molecule has 0 aromatic carbocycles. The lowest BCUT2D eigenvalue weighted by Crippen LogP contribution is -2.08. The summed E-state index contributed by atoms with van der Waals surface area (Å²) in [5, 5.41) is 7.58. The molecule has 0 unspecified atom stereocenters. The Morgan fingerprint density at radius 2 is 1.96 bits per heavy atom. The van der Waals surface area contributed by atoms with Crippen LogP contribution in [0.15, 0.2) is 55.1 Å². The van der Waals surface area contributed by atoms with Gasteiger partial charge in [-0.3, -0.25) is 4.98 Å². The molecule has 0 spiro atoms. The predicted octanol–water partition coefficient (Wildman–Crippen LogP) is 2.49. The molecule has 0 radical (unpaired) electrons. The number of fused-ring (bicyclic) bond motifs is 1. The lowest BCUT2D eigenvalue weighted by molar-refractivity contribution is 0.210. The van der Waals surface area contributed by atoms with Crippen LogP contribution in [0.3, 0.4) is 0 Å². The fraction of sp³-hybridized carbons (Fsp3) is 0.158. The number of nitrogen functional groups attached to an aromatic ring is 1. The molecular formula is C19H19N7O. The maximum atomic E-state index is 6.11. The summed E-state index contributed by atoms with van der Waals surface area (Å²) >= 11 is 0. The third kappa shape index (κ3) is 3.42. The number of rotatable bonds is 6. The average molecular weight is 361 g/mol. The molecule has 8 nitrogen and oxygen atoms in total. The van der Waals surface area contributed by atoms with Crippen molar-refractivity contribution in [1.82, 2.24) is 24.6 Å². The molecule has 3 N–H and O–H groups in total. The van der Waals surface area contributed by atoms with E-state index in [-0.39, 0.29) is 0 Å². The summed E-state index contributed by atoms with van der Waals surface area (Å²) in [7, 11) is 1.67. The third-order valence-corrected chi connectivity index (χ3v) is 4.13. The first-order valence-corrected chi connectivity index (χ1v) is 8.51. The quantitative estimate of drug-likeness (QED) is 0.509. The topological polar surface area (TPSA) is 103 Å². The molecule has 0 saturated heterocycles. The molecule has 0 fully saturated rings. The maximum absolute atomic E-state index is 6.11. The SMILES string of the molecule is COCCNc1ccc(-c2cnc3c(-c4ccccn4)c(N)nn3c2)cn1. The van der Waals surface area contributed by atoms with Crippen LogP contribution in [0.5, 0.6) is 0 Å². The normalized spacial score (nSPS) is 11.0. The van der Waals surface area contributed by atoms with Gasteiger partial charge in [0, 0.05) is 49.6 Å². The van der Waals surface area contributed by atoms with Crippen LogP contribution in [-0.4, -0.2) is 44.8 Å². The zero-order chi connectivity index (χ0) is 18.6. The Morgan fingerprint density at radius 3 is 2.70 bits per heavy atom. The highest BCUT2D eigenvalue weighted by Gasteiger charge is 2.15. The van der Waals surface area contributed by atoms with Gasteiger partial charge in [-0.2, -0.15) is 0 Å². The molecule has 0 amide bonds. The van der Waals surface area contributed by atoms with E-state index in [1.807, 2.05) is 36.5 Å². The highest BCUT2D eigenvalue weighted by molar-refractivity contribution is 5.84. The first-order valence-electron chi connectivity index (χ1n) is 8.51. The van der Waals surface area contributed by atoms with Gasteiger partial charge in [-0.05, 0) is 24.3 Å². The molecule has 0 aliphatic rings. The number of nitrogens with one attached hydrogen (secondary N) is 1. The van der Waals surface area contributed by atoms with Crippen molar-refractivity contribution in [3.63, 3.8) is 0 Å². The van der Waals surface area contributed by atoms with Gasteiger partial charge >= 0.3 is 0 Å². The molecule has 136 valence electrons. The summed E-state index contributed by atoms with van der Waals surface area (Å²) in [5.74, 6) is 1.19. The average Bonchev–Trinajstić information content (AvgIpc) is 3.04. The van der Waals surface area contributed by atoms with Gasteiger partial charge in [0.05, 0.1) is 17.9 Å². The first-order chi connectivity index (χ1) is 13.3. The molecule has 0 bridgehead atoms. The van der Waals surface area contributed by atoms with E-state index in [4.69, 9.17) is 10.5 Å². The third-order valence-electron chi connectivity index (χ3n) is 4.13. The second-order valence-electron chi connectivity index (χ2n) is 5.94. The van der Waals surface area contributed by atoms with Crippen LogP contribution in [0.25, 0.3) is 28.0 Å². The fourth-order valence-corrected chi connectivity index (χ4v) is 2.81. The van der Waals surface area contributed by atoms with Crippen molar-refractivity contribution in [2.45, 2.75) is 0 Å². The van der Waals surface area contributed by atoms with Crippen molar-refractivity contribution in [1.29, 1.82) is 0 Å². The van der Waals surface area contributed by atoms with E-state index in [9.17, 15) is 0 Å². The second-order valence-corrected chi connectivity index (χ2v) is 5.94. The molecule has 0 atom stereocenters. The minimum absolute atomic E-state index is 0.397. The highest BCUT2D eigenvalue weighted by Crippen LogP contribution is 2.28. The Bertz CT molecular complexity index is 1050. The summed E-state index contributed by atoms with van der Waals surface area (Å²) < 4.78 is 6.70. The van der Waals surface area contributed by atoms with Gasteiger partial charge in [0.2, 0.25) is 0 Å². The number of ether oxygens (including phenoxy) is 1. The van der Waals surface area contributed by atoms with Crippen molar-refractivity contribution in [3.05, 3.63) is 55.1 Å². The number of hydrogen-bond donors (Lipinski definition) is 2. The van der Waals surface area contributed by atoms with E-state index < -0.39 is 0 Å². The van der Waals surface area contributed by atoms with Crippen LogP contribution < -0.4 is 11.1 Å². The first kappa shape index (κ1) is 16.9. The summed E-state index contributed by atoms with van der Waals surface area (Å²) in [6.45, 7) is 1.34. The van der Waals surface area contributed by atoms with Gasteiger partial charge < -0.3 is 15.8 Å². The second kappa shape index (κ2) is 7.38. The summed E-state index contributed by atoms with van der Waals surface area (Å²) in [5.41, 5.74) is 10.1. The lowest BCUT2D eigenvalue weighted by Gasteiger charge is -2.06. The number of anilines is 2. The van der Waals surface area contributed by atoms with Crippen LogP contribution >= 0.6 is 0 Å². The number of pyridine rings is 2. The smallest absolute Gasteiger partial charge is 0.166 e. The van der Waals surface area contributed by atoms with Crippen LogP contribution in [0, 0.1) is 0 Å². The molecule has 4 aromatic rings. The Kier molecular flexibility index (Phi) is 4.63. The number of nitrogens with zero attached hydrogens (tertiary/aromatic N) is 5. The minimum Gasteiger partial charge on any atom is -0.383 e. The van der Waals surface area contributed by atoms with Gasteiger partial charge in [0.15, 0.2) is 11.5 Å². The Labute approximate surface area is 156 Å². The van der Waals surface area contributed by atoms with Gasteiger partial charge in [-0.15, -0.1) is 5.10 Å². The van der Waals surface area contributed by atoms with E-state index >= 15 is 0 Å². The largest absolute Gasteiger partial charge is 0.383 e. The van der Waals surface area contributed by atoms with Crippen LogP contribution in [0.4, 0.5) is 11.6 Å². The van der Waals surface area contributed by atoms with Crippen molar-refractivity contribution in [2.75, 3.05) is 31.3 Å². The summed E-state index contributed by atoms with van der Waals surface area (Å²) in [6, 6.07) is 9.57. The fourth-order valence-electron chi connectivity index (χ4n) is 2.81. The molecule has 4 aromatic heterocycles. The number of hydrogen-bond acceptors (Lipinski definition) is 7. The number of methoxy groups -OCH3 is 1. The van der Waals surface area contributed by atoms with Crippen LogP contribution in [0.1, 0.15) is 0 Å².